The predicted molar refractivity (Wildman–Crippen MR) is 85.4 cm³/mol. The van der Waals surface area contributed by atoms with Crippen LogP contribution in [0.1, 0.15) is 51.2 Å². The molecule has 0 aliphatic carbocycles. The maximum Gasteiger partial charge on any atom is 0.183 e. The third-order valence-electron chi connectivity index (χ3n) is 2.69. The molecule has 0 fully saturated rings. The molecule has 0 aliphatic heterocycles. The van der Waals surface area contributed by atoms with Crippen LogP contribution in [-0.4, -0.2) is 16.0 Å². The molecule has 0 aromatic carbocycles. The number of aryl methyl sites for hydroxylation is 1. The van der Waals surface area contributed by atoms with Crippen LogP contribution in [0.15, 0.2) is 5.38 Å². The van der Waals surface area contributed by atoms with Gasteiger partial charge in [0, 0.05) is 17.3 Å². The van der Waals surface area contributed by atoms with Crippen molar-refractivity contribution in [2.75, 3.05) is 5.32 Å². The van der Waals surface area contributed by atoms with Crippen molar-refractivity contribution in [3.63, 3.8) is 0 Å². The first kappa shape index (κ1) is 14.5. The Morgan fingerprint density at radius 2 is 1.95 bits per heavy atom. The molecule has 0 unspecified atom stereocenters. The van der Waals surface area contributed by atoms with Crippen molar-refractivity contribution in [2.45, 2.75) is 53.0 Å². The summed E-state index contributed by atoms with van der Waals surface area (Å²) in [6, 6.07) is 0.414. The zero-order valence-corrected chi connectivity index (χ0v) is 13.8. The van der Waals surface area contributed by atoms with Gasteiger partial charge in [-0.2, -0.15) is 0 Å². The molecule has 0 bridgehead atoms. The Morgan fingerprint density at radius 3 is 2.53 bits per heavy atom. The van der Waals surface area contributed by atoms with Crippen LogP contribution in [-0.2, 0) is 6.42 Å². The summed E-state index contributed by atoms with van der Waals surface area (Å²) in [5, 5.41) is 7.68. The van der Waals surface area contributed by atoms with E-state index in [1.165, 1.54) is 15.6 Å². The molecule has 1 N–H and O–H groups in total. The van der Waals surface area contributed by atoms with E-state index < -0.39 is 0 Å². The number of rotatable bonds is 5. The molecule has 2 heterocycles. The van der Waals surface area contributed by atoms with E-state index in [1.807, 2.05) is 0 Å². The lowest BCUT2D eigenvalue weighted by Gasteiger charge is -2.04. The van der Waals surface area contributed by atoms with Crippen molar-refractivity contribution in [2.24, 2.45) is 0 Å². The summed E-state index contributed by atoms with van der Waals surface area (Å²) in [5.74, 6) is 0.482. The van der Waals surface area contributed by atoms with Gasteiger partial charge >= 0.3 is 0 Å². The number of nitrogens with zero attached hydrogens (tertiary/aromatic N) is 2. The maximum atomic E-state index is 4.74. The quantitative estimate of drug-likeness (QED) is 0.863. The minimum Gasteiger partial charge on any atom is -0.359 e. The zero-order valence-electron chi connectivity index (χ0n) is 12.2. The standard InChI is InChI=1S/C14H21N3S2/c1-6-10-12(19-13(16-10)8(2)3)11-7-18-14(17-11)15-9(4)5/h7-9H,6H2,1-5H3,(H,15,17). The largest absolute Gasteiger partial charge is 0.359 e. The van der Waals surface area contributed by atoms with E-state index in [9.17, 15) is 0 Å². The molecule has 104 valence electrons. The van der Waals surface area contributed by atoms with Crippen LogP contribution < -0.4 is 5.32 Å². The number of nitrogens with one attached hydrogen (secondary N) is 1. The van der Waals surface area contributed by atoms with Crippen molar-refractivity contribution >= 4 is 27.8 Å². The van der Waals surface area contributed by atoms with Gasteiger partial charge in [-0.25, -0.2) is 9.97 Å². The van der Waals surface area contributed by atoms with E-state index in [0.717, 1.165) is 17.2 Å². The number of hydrogen-bond acceptors (Lipinski definition) is 5. The summed E-state index contributed by atoms with van der Waals surface area (Å²) >= 11 is 3.45. The fourth-order valence-electron chi connectivity index (χ4n) is 1.75. The summed E-state index contributed by atoms with van der Waals surface area (Å²) in [6.45, 7) is 10.8. The first-order valence-corrected chi connectivity index (χ1v) is 8.42. The second kappa shape index (κ2) is 6.01. The van der Waals surface area contributed by atoms with Gasteiger partial charge in [-0.3, -0.25) is 0 Å². The Labute approximate surface area is 123 Å². The molecule has 5 heteroatoms. The summed E-state index contributed by atoms with van der Waals surface area (Å²) in [6.07, 6.45) is 0.961. The van der Waals surface area contributed by atoms with E-state index in [-0.39, 0.29) is 0 Å². The minimum atomic E-state index is 0.414. The second-order valence-corrected chi connectivity index (χ2v) is 7.06. The fraction of sp³-hybridized carbons (Fsp3) is 0.571. The first-order valence-electron chi connectivity index (χ1n) is 6.73. The van der Waals surface area contributed by atoms with Crippen LogP contribution >= 0.6 is 22.7 Å². The average Bonchev–Trinajstić information content (AvgIpc) is 2.93. The van der Waals surface area contributed by atoms with Crippen molar-refractivity contribution in [3.8, 4) is 10.6 Å². The van der Waals surface area contributed by atoms with Crippen LogP contribution in [0.2, 0.25) is 0 Å². The molecule has 2 aromatic rings. The highest BCUT2D eigenvalue weighted by molar-refractivity contribution is 7.17. The van der Waals surface area contributed by atoms with Gasteiger partial charge in [0.25, 0.3) is 0 Å². The van der Waals surface area contributed by atoms with Gasteiger partial charge in [0.15, 0.2) is 5.13 Å². The normalized spacial score (nSPS) is 11.5. The Balaban J connectivity index is 2.32. The summed E-state index contributed by atoms with van der Waals surface area (Å²) in [7, 11) is 0. The van der Waals surface area contributed by atoms with Crippen LogP contribution in [0.5, 0.6) is 0 Å². The lowest BCUT2D eigenvalue weighted by atomic mass is 10.2. The monoisotopic (exact) mass is 295 g/mol. The maximum absolute atomic E-state index is 4.74. The predicted octanol–water partition coefficient (Wildman–Crippen LogP) is 4.77. The van der Waals surface area contributed by atoms with Gasteiger partial charge in [-0.15, -0.1) is 22.7 Å². The fourth-order valence-corrected chi connectivity index (χ4v) is 3.79. The molecule has 0 aliphatic rings. The minimum absolute atomic E-state index is 0.414. The molecular weight excluding hydrogens is 274 g/mol. The van der Waals surface area contributed by atoms with E-state index in [0.29, 0.717) is 12.0 Å². The Morgan fingerprint density at radius 1 is 1.21 bits per heavy atom. The van der Waals surface area contributed by atoms with E-state index in [1.54, 1.807) is 22.7 Å². The number of hydrogen-bond donors (Lipinski definition) is 1. The molecule has 2 aromatic heterocycles. The van der Waals surface area contributed by atoms with Crippen LogP contribution in [0.25, 0.3) is 10.6 Å². The molecule has 2 rings (SSSR count). The molecule has 3 nitrogen and oxygen atoms in total. The van der Waals surface area contributed by atoms with Crippen LogP contribution in [0.3, 0.4) is 0 Å². The molecule has 0 amide bonds. The highest BCUT2D eigenvalue weighted by Gasteiger charge is 2.16. The van der Waals surface area contributed by atoms with Gasteiger partial charge in [-0.1, -0.05) is 20.8 Å². The van der Waals surface area contributed by atoms with Gasteiger partial charge in [0.05, 0.1) is 21.3 Å². The van der Waals surface area contributed by atoms with Crippen LogP contribution in [0, 0.1) is 0 Å². The average molecular weight is 295 g/mol. The molecule has 0 saturated heterocycles. The third-order valence-corrected chi connectivity index (χ3v) is 4.89. The van der Waals surface area contributed by atoms with Gasteiger partial charge < -0.3 is 5.32 Å². The molecule has 0 radical (unpaired) electrons. The van der Waals surface area contributed by atoms with Gasteiger partial charge in [-0.05, 0) is 20.3 Å². The second-order valence-electron chi connectivity index (χ2n) is 5.17. The first-order chi connectivity index (χ1) is 9.01. The lowest BCUT2D eigenvalue weighted by Crippen LogP contribution is -2.08. The molecule has 0 spiro atoms. The van der Waals surface area contributed by atoms with Crippen LogP contribution in [0.4, 0.5) is 5.13 Å². The summed E-state index contributed by atoms with van der Waals surface area (Å²) in [5.41, 5.74) is 2.24. The van der Waals surface area contributed by atoms with Crippen molar-refractivity contribution in [3.05, 3.63) is 16.1 Å². The Hall–Kier alpha value is -0.940. The Bertz CT molecular complexity index is 541. The molecule has 0 saturated carbocycles. The Kier molecular flexibility index (Phi) is 4.58. The number of anilines is 1. The SMILES string of the molecule is CCc1nc(C(C)C)sc1-c1csc(NC(C)C)n1. The van der Waals surface area contributed by atoms with Crippen molar-refractivity contribution in [1.82, 2.24) is 9.97 Å². The smallest absolute Gasteiger partial charge is 0.183 e. The topological polar surface area (TPSA) is 37.8 Å². The number of thiazole rings is 2. The molecule has 0 atom stereocenters. The van der Waals surface area contributed by atoms with Gasteiger partial charge in [0.1, 0.15) is 0 Å². The van der Waals surface area contributed by atoms with E-state index in [2.05, 4.69) is 50.3 Å². The van der Waals surface area contributed by atoms with E-state index >= 15 is 0 Å². The zero-order chi connectivity index (χ0) is 14.0. The van der Waals surface area contributed by atoms with Gasteiger partial charge in [0.2, 0.25) is 0 Å². The lowest BCUT2D eigenvalue weighted by molar-refractivity contribution is 0.840. The summed E-state index contributed by atoms with van der Waals surface area (Å²) in [4.78, 5) is 10.7. The summed E-state index contributed by atoms with van der Waals surface area (Å²) < 4.78 is 0. The molecule has 19 heavy (non-hydrogen) atoms. The molecular formula is C14H21N3S2. The van der Waals surface area contributed by atoms with E-state index in [4.69, 9.17) is 4.98 Å². The highest BCUT2D eigenvalue weighted by atomic mass is 32.1. The highest BCUT2D eigenvalue weighted by Crippen LogP contribution is 2.35. The number of aromatic nitrogens is 2. The van der Waals surface area contributed by atoms with Crippen molar-refractivity contribution < 1.29 is 0 Å². The third kappa shape index (κ3) is 3.34. The van der Waals surface area contributed by atoms with Crippen molar-refractivity contribution in [1.29, 1.82) is 0 Å².